The number of allylic oxidation sites excluding steroid dienone is 1. The van der Waals surface area contributed by atoms with E-state index in [9.17, 15) is 9.59 Å². The molecule has 0 saturated carbocycles. The number of amides is 2. The van der Waals surface area contributed by atoms with Crippen molar-refractivity contribution in [3.63, 3.8) is 0 Å². The second-order valence-corrected chi connectivity index (χ2v) is 9.87. The summed E-state index contributed by atoms with van der Waals surface area (Å²) in [6.07, 6.45) is 3.48. The zero-order valence-electron chi connectivity index (χ0n) is 19.8. The maximum atomic E-state index is 13.3. The second-order valence-electron chi connectivity index (χ2n) is 8.52. The Morgan fingerprint density at radius 2 is 2.03 bits per heavy atom. The van der Waals surface area contributed by atoms with Crippen molar-refractivity contribution in [2.24, 2.45) is 0 Å². The molecule has 1 N–H and O–H groups in total. The lowest BCUT2D eigenvalue weighted by Gasteiger charge is -2.25. The molecule has 1 saturated heterocycles. The van der Waals surface area contributed by atoms with Crippen LogP contribution in [0.2, 0.25) is 5.02 Å². The van der Waals surface area contributed by atoms with Crippen LogP contribution in [-0.4, -0.2) is 43.8 Å². The average Bonchev–Trinajstić information content (AvgIpc) is 3.47. The Balaban J connectivity index is 1.50. The number of anilines is 1. The number of nitrogens with zero attached hydrogens (tertiary/aromatic N) is 4. The van der Waals surface area contributed by atoms with Crippen molar-refractivity contribution in [3.8, 4) is 0 Å². The molecule has 1 aromatic heterocycles. The van der Waals surface area contributed by atoms with Gasteiger partial charge in [0, 0.05) is 29.4 Å². The number of halogens is 1. The summed E-state index contributed by atoms with van der Waals surface area (Å²) in [5.74, 6) is 0.719. The van der Waals surface area contributed by atoms with E-state index in [1.807, 2.05) is 53.6 Å². The Hall–Kier alpha value is -3.10. The van der Waals surface area contributed by atoms with Gasteiger partial charge in [0.25, 0.3) is 5.91 Å². The van der Waals surface area contributed by atoms with Gasteiger partial charge in [-0.25, -0.2) is 0 Å². The van der Waals surface area contributed by atoms with Gasteiger partial charge in [-0.3, -0.25) is 9.59 Å². The molecular formula is C26H28ClN5O2S. The molecule has 0 aliphatic carbocycles. The summed E-state index contributed by atoms with van der Waals surface area (Å²) < 4.78 is 1.95. The van der Waals surface area contributed by atoms with E-state index in [1.165, 1.54) is 11.8 Å². The molecule has 9 heteroatoms. The molecule has 7 nitrogen and oxygen atoms in total. The number of hydrogen-bond donors (Lipinski definition) is 1. The summed E-state index contributed by atoms with van der Waals surface area (Å²) >= 11 is 7.46. The van der Waals surface area contributed by atoms with Gasteiger partial charge in [0.1, 0.15) is 0 Å². The molecule has 0 bridgehead atoms. The van der Waals surface area contributed by atoms with E-state index < -0.39 is 0 Å². The van der Waals surface area contributed by atoms with E-state index in [0.717, 1.165) is 29.8 Å². The molecule has 1 unspecified atom stereocenters. The van der Waals surface area contributed by atoms with Crippen LogP contribution in [0.3, 0.4) is 0 Å². The smallest absolute Gasteiger partial charge is 0.254 e. The number of carbonyl (C=O) groups is 2. The molecule has 1 aliphatic rings. The number of carbonyl (C=O) groups excluding carboxylic acids is 2. The zero-order valence-corrected chi connectivity index (χ0v) is 21.4. The number of rotatable bonds is 8. The monoisotopic (exact) mass is 509 g/mol. The highest BCUT2D eigenvalue weighted by Gasteiger charge is 2.34. The highest BCUT2D eigenvalue weighted by atomic mass is 35.5. The molecule has 2 heterocycles. The molecule has 35 heavy (non-hydrogen) atoms. The first-order chi connectivity index (χ1) is 16.9. The molecular weight excluding hydrogens is 482 g/mol. The summed E-state index contributed by atoms with van der Waals surface area (Å²) in [7, 11) is 0. The van der Waals surface area contributed by atoms with Crippen molar-refractivity contribution in [2.45, 2.75) is 44.4 Å². The van der Waals surface area contributed by atoms with Crippen molar-refractivity contribution < 1.29 is 9.59 Å². The molecule has 3 aromatic rings. The van der Waals surface area contributed by atoms with Gasteiger partial charge in [0.05, 0.1) is 11.8 Å². The third kappa shape index (κ3) is 5.60. The minimum absolute atomic E-state index is 0.00479. The lowest BCUT2D eigenvalue weighted by Crippen LogP contribution is -2.32. The van der Waals surface area contributed by atoms with E-state index in [0.29, 0.717) is 34.5 Å². The summed E-state index contributed by atoms with van der Waals surface area (Å²) in [5.41, 5.74) is 3.23. The Labute approximate surface area is 214 Å². The molecule has 1 aliphatic heterocycles. The Morgan fingerprint density at radius 3 is 2.80 bits per heavy atom. The van der Waals surface area contributed by atoms with Crippen LogP contribution in [0.5, 0.6) is 0 Å². The summed E-state index contributed by atoms with van der Waals surface area (Å²) in [6, 6.07) is 12.9. The van der Waals surface area contributed by atoms with Crippen LogP contribution in [0.1, 0.15) is 46.2 Å². The van der Waals surface area contributed by atoms with E-state index >= 15 is 0 Å². The van der Waals surface area contributed by atoms with Crippen molar-refractivity contribution >= 4 is 40.9 Å². The number of aryl methyl sites for hydroxylation is 1. The lowest BCUT2D eigenvalue weighted by atomic mass is 10.1. The molecule has 1 fully saturated rings. The van der Waals surface area contributed by atoms with E-state index in [1.54, 1.807) is 18.2 Å². The van der Waals surface area contributed by atoms with E-state index in [2.05, 4.69) is 22.1 Å². The second kappa shape index (κ2) is 11.1. The van der Waals surface area contributed by atoms with E-state index in [-0.39, 0.29) is 23.6 Å². The van der Waals surface area contributed by atoms with Crippen molar-refractivity contribution in [1.29, 1.82) is 0 Å². The molecule has 2 aromatic carbocycles. The first-order valence-electron chi connectivity index (χ1n) is 11.5. The SMILES string of the molecule is C=CCn1c(SCC(=O)Nc2cccc(Cl)c2C)nnc1C1CCCN1C(=O)c1cccc(C)c1. The third-order valence-electron chi connectivity index (χ3n) is 6.01. The molecule has 0 radical (unpaired) electrons. The van der Waals surface area contributed by atoms with Gasteiger partial charge in [-0.15, -0.1) is 16.8 Å². The first kappa shape index (κ1) is 25.0. The molecule has 0 spiro atoms. The van der Waals surface area contributed by atoms with Crippen LogP contribution >= 0.6 is 23.4 Å². The zero-order chi connectivity index (χ0) is 24.9. The largest absolute Gasteiger partial charge is 0.328 e. The topological polar surface area (TPSA) is 80.1 Å². The third-order valence-corrected chi connectivity index (χ3v) is 7.38. The fourth-order valence-corrected chi connectivity index (χ4v) is 5.16. The highest BCUT2D eigenvalue weighted by molar-refractivity contribution is 7.99. The molecule has 1 atom stereocenters. The van der Waals surface area contributed by atoms with E-state index in [4.69, 9.17) is 11.6 Å². The molecule has 4 rings (SSSR count). The minimum atomic E-state index is -0.173. The van der Waals surface area contributed by atoms with Crippen molar-refractivity contribution in [3.05, 3.63) is 82.7 Å². The van der Waals surface area contributed by atoms with Crippen LogP contribution in [0, 0.1) is 13.8 Å². The fraction of sp³-hybridized carbons (Fsp3) is 0.308. The van der Waals surface area contributed by atoms with Gasteiger partial charge in [0.2, 0.25) is 5.91 Å². The summed E-state index contributed by atoms with van der Waals surface area (Å²) in [6.45, 7) is 8.87. The van der Waals surface area contributed by atoms with Gasteiger partial charge in [-0.2, -0.15) is 0 Å². The highest BCUT2D eigenvalue weighted by Crippen LogP contribution is 2.34. The van der Waals surface area contributed by atoms with Crippen molar-refractivity contribution in [2.75, 3.05) is 17.6 Å². The normalized spacial score (nSPS) is 15.3. The molecule has 182 valence electrons. The standard InChI is InChI=1S/C26H28ClN5O2S/c1-4-13-32-24(22-12-7-14-31(22)25(34)19-9-5-8-17(2)15-19)29-30-26(32)35-16-23(33)28-21-11-6-10-20(27)18(21)3/h4-6,8-11,15,22H,1,7,12-14,16H2,2-3H3,(H,28,33). The van der Waals surface area contributed by atoms with Crippen LogP contribution in [0.4, 0.5) is 5.69 Å². The summed E-state index contributed by atoms with van der Waals surface area (Å²) in [4.78, 5) is 27.8. The minimum Gasteiger partial charge on any atom is -0.328 e. The quantitative estimate of drug-likeness (QED) is 0.323. The van der Waals surface area contributed by atoms with Crippen LogP contribution in [0.25, 0.3) is 0 Å². The number of benzene rings is 2. The Bertz CT molecular complexity index is 1260. The average molecular weight is 510 g/mol. The number of aromatic nitrogens is 3. The number of likely N-dealkylation sites (tertiary alicyclic amines) is 1. The number of thioether (sulfide) groups is 1. The van der Waals surface area contributed by atoms with Gasteiger partial charge in [-0.1, -0.05) is 53.2 Å². The number of nitrogens with one attached hydrogen (secondary N) is 1. The maximum Gasteiger partial charge on any atom is 0.254 e. The van der Waals surface area contributed by atoms with Crippen molar-refractivity contribution in [1.82, 2.24) is 19.7 Å². The predicted molar refractivity (Wildman–Crippen MR) is 140 cm³/mol. The molecule has 2 amide bonds. The summed E-state index contributed by atoms with van der Waals surface area (Å²) in [5, 5.41) is 12.9. The van der Waals surface area contributed by atoms with Crippen LogP contribution in [0.15, 0.2) is 60.3 Å². The van der Waals surface area contributed by atoms with Gasteiger partial charge >= 0.3 is 0 Å². The predicted octanol–water partition coefficient (Wildman–Crippen LogP) is 5.44. The maximum absolute atomic E-state index is 13.3. The van der Waals surface area contributed by atoms with Gasteiger partial charge in [-0.05, 0) is 56.5 Å². The Morgan fingerprint density at radius 1 is 1.23 bits per heavy atom. The van der Waals surface area contributed by atoms with Crippen LogP contribution < -0.4 is 5.32 Å². The number of hydrogen-bond acceptors (Lipinski definition) is 5. The van der Waals surface area contributed by atoms with Gasteiger partial charge < -0.3 is 14.8 Å². The van der Waals surface area contributed by atoms with Crippen LogP contribution in [-0.2, 0) is 11.3 Å². The lowest BCUT2D eigenvalue weighted by molar-refractivity contribution is -0.113. The van der Waals surface area contributed by atoms with Gasteiger partial charge in [0.15, 0.2) is 11.0 Å². The first-order valence-corrected chi connectivity index (χ1v) is 12.8. The Kier molecular flexibility index (Phi) is 7.93. The fourth-order valence-electron chi connectivity index (χ4n) is 4.24.